The summed E-state index contributed by atoms with van der Waals surface area (Å²) < 4.78 is 17.2. The van der Waals surface area contributed by atoms with Gasteiger partial charge in [0.2, 0.25) is 0 Å². The molecule has 1 aromatic heterocycles. The minimum Gasteiger partial charge on any atom is -0.497 e. The Kier molecular flexibility index (Phi) is 7.93. The standard InChI is InChI=1S/C27H32N2O5S/c1-28(12-8-19-17-35-25-15-20(32-2)6-7-21(19)25)10-5-11-29-13-9-18-14-23(33-3)24(34-4)16-22(18)26(30)27(29)31/h6-7,14-17H,5,8-13H2,1-4H3. The number of likely N-dealkylation sites (N-methyl/N-ethyl adjacent to an activating group) is 1. The van der Waals surface area contributed by atoms with Gasteiger partial charge in [-0.1, -0.05) is 0 Å². The smallest absolute Gasteiger partial charge is 0.294 e. The van der Waals surface area contributed by atoms with E-state index in [4.69, 9.17) is 14.2 Å². The van der Waals surface area contributed by atoms with Crippen molar-refractivity contribution < 1.29 is 23.8 Å². The molecule has 0 unspecified atom stereocenters. The van der Waals surface area contributed by atoms with E-state index >= 15 is 0 Å². The summed E-state index contributed by atoms with van der Waals surface area (Å²) in [6, 6.07) is 9.64. The quantitative estimate of drug-likeness (QED) is 0.395. The van der Waals surface area contributed by atoms with Crippen LogP contribution in [0.1, 0.15) is 27.9 Å². The Balaban J connectivity index is 1.30. The molecule has 0 radical (unpaired) electrons. The zero-order valence-electron chi connectivity index (χ0n) is 20.8. The molecule has 0 bridgehead atoms. The lowest BCUT2D eigenvalue weighted by Gasteiger charge is -2.22. The maximum Gasteiger partial charge on any atom is 0.294 e. The molecule has 0 fully saturated rings. The molecule has 1 aliphatic rings. The number of ketones is 1. The first-order chi connectivity index (χ1) is 16.9. The summed E-state index contributed by atoms with van der Waals surface area (Å²) in [5.41, 5.74) is 2.57. The maximum atomic E-state index is 12.9. The van der Waals surface area contributed by atoms with Crippen LogP contribution in [-0.4, -0.2) is 76.0 Å². The van der Waals surface area contributed by atoms with Gasteiger partial charge in [-0.3, -0.25) is 9.59 Å². The molecule has 7 nitrogen and oxygen atoms in total. The van der Waals surface area contributed by atoms with Crippen molar-refractivity contribution >= 4 is 33.1 Å². The molecule has 1 aliphatic heterocycles. The van der Waals surface area contributed by atoms with Gasteiger partial charge in [-0.2, -0.15) is 0 Å². The van der Waals surface area contributed by atoms with Crippen LogP contribution in [0.5, 0.6) is 17.2 Å². The number of fused-ring (bicyclic) bond motifs is 2. The molecule has 0 spiro atoms. The van der Waals surface area contributed by atoms with E-state index in [2.05, 4.69) is 29.5 Å². The largest absolute Gasteiger partial charge is 0.497 e. The topological polar surface area (TPSA) is 68.3 Å². The number of rotatable bonds is 10. The number of benzene rings is 2. The molecular weight excluding hydrogens is 464 g/mol. The molecule has 0 N–H and O–H groups in total. The fourth-order valence-corrected chi connectivity index (χ4v) is 5.53. The fraction of sp³-hybridized carbons (Fsp3) is 0.407. The highest BCUT2D eigenvalue weighted by molar-refractivity contribution is 7.17. The predicted octanol–water partition coefficient (Wildman–Crippen LogP) is 4.06. The third-order valence-electron chi connectivity index (χ3n) is 6.58. The van der Waals surface area contributed by atoms with Gasteiger partial charge in [-0.05, 0) is 85.1 Å². The highest BCUT2D eigenvalue weighted by atomic mass is 32.1. The van der Waals surface area contributed by atoms with E-state index in [-0.39, 0.29) is 0 Å². The minimum atomic E-state index is -0.479. The first-order valence-electron chi connectivity index (χ1n) is 11.8. The van der Waals surface area contributed by atoms with E-state index < -0.39 is 11.7 Å². The summed E-state index contributed by atoms with van der Waals surface area (Å²) in [4.78, 5) is 29.7. The Hall–Kier alpha value is -3.10. The zero-order chi connectivity index (χ0) is 24.9. The van der Waals surface area contributed by atoms with Gasteiger partial charge in [0, 0.05) is 29.9 Å². The van der Waals surface area contributed by atoms with Crippen molar-refractivity contribution in [3.63, 3.8) is 0 Å². The Labute approximate surface area is 210 Å². The lowest BCUT2D eigenvalue weighted by atomic mass is 10.0. The van der Waals surface area contributed by atoms with E-state index in [9.17, 15) is 9.59 Å². The van der Waals surface area contributed by atoms with Crippen molar-refractivity contribution in [1.29, 1.82) is 0 Å². The van der Waals surface area contributed by atoms with Crippen LogP contribution in [0.3, 0.4) is 0 Å². The second-order valence-corrected chi connectivity index (χ2v) is 9.68. The predicted molar refractivity (Wildman–Crippen MR) is 138 cm³/mol. The van der Waals surface area contributed by atoms with Crippen LogP contribution in [0.25, 0.3) is 10.1 Å². The highest BCUT2D eigenvalue weighted by Crippen LogP contribution is 2.33. The van der Waals surface area contributed by atoms with Crippen LogP contribution in [0.2, 0.25) is 0 Å². The second-order valence-electron chi connectivity index (χ2n) is 8.77. The molecule has 1 amide bonds. The van der Waals surface area contributed by atoms with Crippen LogP contribution < -0.4 is 14.2 Å². The van der Waals surface area contributed by atoms with E-state index in [1.165, 1.54) is 22.8 Å². The van der Waals surface area contributed by atoms with Gasteiger partial charge < -0.3 is 24.0 Å². The second kappa shape index (κ2) is 11.1. The van der Waals surface area contributed by atoms with E-state index in [1.54, 1.807) is 42.6 Å². The number of ether oxygens (including phenoxy) is 3. The molecule has 35 heavy (non-hydrogen) atoms. The average molecular weight is 497 g/mol. The van der Waals surface area contributed by atoms with Crippen molar-refractivity contribution in [2.75, 3.05) is 54.6 Å². The summed E-state index contributed by atoms with van der Waals surface area (Å²) >= 11 is 1.74. The molecule has 8 heteroatoms. The normalized spacial score (nSPS) is 13.8. The number of amides is 1. The Morgan fingerprint density at radius 3 is 2.51 bits per heavy atom. The monoisotopic (exact) mass is 496 g/mol. The number of methoxy groups -OCH3 is 3. The van der Waals surface area contributed by atoms with E-state index in [0.29, 0.717) is 36.6 Å². The van der Waals surface area contributed by atoms with E-state index in [1.807, 2.05) is 6.07 Å². The molecule has 2 heterocycles. The Morgan fingerprint density at radius 1 is 1.00 bits per heavy atom. The van der Waals surface area contributed by atoms with Gasteiger partial charge in [0.05, 0.1) is 21.3 Å². The van der Waals surface area contributed by atoms with Crippen molar-refractivity contribution in [3.8, 4) is 17.2 Å². The minimum absolute atomic E-state index is 0.410. The van der Waals surface area contributed by atoms with Crippen molar-refractivity contribution in [1.82, 2.24) is 9.80 Å². The van der Waals surface area contributed by atoms with Crippen molar-refractivity contribution in [2.24, 2.45) is 0 Å². The first-order valence-corrected chi connectivity index (χ1v) is 12.6. The molecule has 0 saturated heterocycles. The number of hydrogen-bond donors (Lipinski definition) is 0. The van der Waals surface area contributed by atoms with Gasteiger partial charge in [0.15, 0.2) is 11.5 Å². The number of carbonyl (C=O) groups excluding carboxylic acids is 2. The molecule has 186 valence electrons. The molecule has 2 aromatic carbocycles. The number of nitrogens with zero attached hydrogens (tertiary/aromatic N) is 2. The van der Waals surface area contributed by atoms with Crippen molar-refractivity contribution in [3.05, 3.63) is 52.4 Å². The van der Waals surface area contributed by atoms with Crippen LogP contribution in [0.4, 0.5) is 0 Å². The van der Waals surface area contributed by atoms with Crippen LogP contribution in [-0.2, 0) is 17.6 Å². The SMILES string of the molecule is COc1ccc2c(CCN(C)CCCN3CCc4cc(OC)c(OC)cc4C(=O)C3=O)csc2c1. The third-order valence-corrected chi connectivity index (χ3v) is 7.57. The number of hydrogen-bond acceptors (Lipinski definition) is 7. The molecule has 0 aliphatic carbocycles. The summed E-state index contributed by atoms with van der Waals surface area (Å²) in [6.45, 7) is 2.84. The molecule has 3 aromatic rings. The van der Waals surface area contributed by atoms with Gasteiger partial charge in [0.25, 0.3) is 11.7 Å². The number of carbonyl (C=O) groups is 2. The zero-order valence-corrected chi connectivity index (χ0v) is 21.6. The average Bonchev–Trinajstić information content (AvgIpc) is 3.25. The summed E-state index contributed by atoms with van der Waals surface area (Å²) in [5.74, 6) is 0.983. The molecule has 4 rings (SSSR count). The lowest BCUT2D eigenvalue weighted by Crippen LogP contribution is -2.38. The first kappa shape index (κ1) is 25.0. The van der Waals surface area contributed by atoms with Gasteiger partial charge in [-0.15, -0.1) is 11.3 Å². The van der Waals surface area contributed by atoms with Gasteiger partial charge in [-0.25, -0.2) is 0 Å². The summed E-state index contributed by atoms with van der Waals surface area (Å²) in [6.07, 6.45) is 2.38. The third kappa shape index (κ3) is 5.44. The fourth-order valence-electron chi connectivity index (χ4n) is 4.51. The molecular formula is C27H32N2O5S. The van der Waals surface area contributed by atoms with Gasteiger partial charge >= 0.3 is 0 Å². The van der Waals surface area contributed by atoms with Gasteiger partial charge in [0.1, 0.15) is 5.75 Å². The van der Waals surface area contributed by atoms with Crippen LogP contribution in [0, 0.1) is 0 Å². The lowest BCUT2D eigenvalue weighted by molar-refractivity contribution is -0.126. The Bertz CT molecular complexity index is 1220. The van der Waals surface area contributed by atoms with Crippen LogP contribution >= 0.6 is 11.3 Å². The van der Waals surface area contributed by atoms with Crippen molar-refractivity contribution in [2.45, 2.75) is 19.3 Å². The summed E-state index contributed by atoms with van der Waals surface area (Å²) in [7, 11) is 6.87. The van der Waals surface area contributed by atoms with Crippen LogP contribution in [0.15, 0.2) is 35.7 Å². The summed E-state index contributed by atoms with van der Waals surface area (Å²) in [5, 5.41) is 3.51. The number of thiophene rings is 1. The van der Waals surface area contributed by atoms with E-state index in [0.717, 1.165) is 37.2 Å². The number of Topliss-reactive ketones (excluding diaryl/α,β-unsaturated/α-hetero) is 1. The highest BCUT2D eigenvalue weighted by Gasteiger charge is 2.30. The maximum absolute atomic E-state index is 12.9. The Morgan fingerprint density at radius 2 is 1.77 bits per heavy atom. The molecule has 0 atom stereocenters. The molecule has 0 saturated carbocycles.